The zero-order valence-electron chi connectivity index (χ0n) is 10.0. The third-order valence-electron chi connectivity index (χ3n) is 4.43. The van der Waals surface area contributed by atoms with Crippen molar-refractivity contribution in [3.63, 3.8) is 0 Å². The first-order valence-corrected chi connectivity index (χ1v) is 6.42. The van der Waals surface area contributed by atoms with Crippen molar-refractivity contribution in [3.05, 3.63) is 0 Å². The van der Waals surface area contributed by atoms with Gasteiger partial charge in [-0.3, -0.25) is 0 Å². The van der Waals surface area contributed by atoms with Gasteiger partial charge in [0.15, 0.2) is 0 Å². The van der Waals surface area contributed by atoms with Crippen molar-refractivity contribution in [2.75, 3.05) is 13.2 Å². The first-order chi connectivity index (χ1) is 7.12. The minimum Gasteiger partial charge on any atom is -0.390 e. The summed E-state index contributed by atoms with van der Waals surface area (Å²) >= 11 is 0. The van der Waals surface area contributed by atoms with Crippen LogP contribution in [0.15, 0.2) is 0 Å². The fourth-order valence-corrected chi connectivity index (χ4v) is 3.23. The predicted molar refractivity (Wildman–Crippen MR) is 60.7 cm³/mol. The lowest BCUT2D eigenvalue weighted by Crippen LogP contribution is -2.43. The second kappa shape index (κ2) is 4.42. The summed E-state index contributed by atoms with van der Waals surface area (Å²) in [5.41, 5.74) is -0.413. The second-order valence-corrected chi connectivity index (χ2v) is 5.76. The molecular formula is C13H24O2. The van der Waals surface area contributed by atoms with Gasteiger partial charge in [-0.25, -0.2) is 0 Å². The molecular weight excluding hydrogens is 188 g/mol. The zero-order chi connectivity index (χ0) is 10.9. The van der Waals surface area contributed by atoms with Crippen LogP contribution < -0.4 is 0 Å². The van der Waals surface area contributed by atoms with Crippen molar-refractivity contribution < 1.29 is 9.84 Å². The van der Waals surface area contributed by atoms with Gasteiger partial charge in [0, 0.05) is 12.5 Å². The van der Waals surface area contributed by atoms with Crippen LogP contribution in [0.25, 0.3) is 0 Å². The molecule has 2 aliphatic rings. The molecule has 2 heteroatoms. The summed E-state index contributed by atoms with van der Waals surface area (Å²) in [5, 5.41) is 10.7. The average molecular weight is 212 g/mol. The molecule has 1 N–H and O–H groups in total. The Balaban J connectivity index is 2.00. The summed E-state index contributed by atoms with van der Waals surface area (Å²) in [7, 11) is 0. The molecule has 88 valence electrons. The summed E-state index contributed by atoms with van der Waals surface area (Å²) in [4.78, 5) is 0. The second-order valence-electron chi connectivity index (χ2n) is 5.76. The van der Waals surface area contributed by atoms with E-state index in [0.29, 0.717) is 17.8 Å². The molecule has 0 amide bonds. The highest BCUT2D eigenvalue weighted by Gasteiger charge is 2.42. The van der Waals surface area contributed by atoms with Gasteiger partial charge in [0.2, 0.25) is 0 Å². The molecule has 1 saturated heterocycles. The van der Waals surface area contributed by atoms with E-state index < -0.39 is 5.60 Å². The Morgan fingerprint density at radius 1 is 1.33 bits per heavy atom. The molecule has 1 aliphatic carbocycles. The van der Waals surface area contributed by atoms with E-state index in [1.54, 1.807) is 0 Å². The fraction of sp³-hybridized carbons (Fsp3) is 1.00. The third-order valence-corrected chi connectivity index (χ3v) is 4.43. The van der Waals surface area contributed by atoms with Crippen LogP contribution in [0.2, 0.25) is 0 Å². The molecule has 0 spiro atoms. The topological polar surface area (TPSA) is 29.5 Å². The van der Waals surface area contributed by atoms with Crippen LogP contribution in [0.4, 0.5) is 0 Å². The molecule has 0 radical (unpaired) electrons. The molecule has 2 nitrogen and oxygen atoms in total. The summed E-state index contributed by atoms with van der Waals surface area (Å²) in [6.07, 6.45) is 5.54. The van der Waals surface area contributed by atoms with Crippen LogP contribution in [0.1, 0.15) is 46.0 Å². The van der Waals surface area contributed by atoms with Gasteiger partial charge in [0.25, 0.3) is 0 Å². The molecule has 0 bridgehead atoms. The molecule has 2 fully saturated rings. The van der Waals surface area contributed by atoms with E-state index in [1.165, 1.54) is 12.8 Å². The molecule has 3 unspecified atom stereocenters. The van der Waals surface area contributed by atoms with Crippen molar-refractivity contribution in [3.8, 4) is 0 Å². The number of hydrogen-bond donors (Lipinski definition) is 1. The Kier molecular flexibility index (Phi) is 3.36. The smallest absolute Gasteiger partial charge is 0.0701 e. The Morgan fingerprint density at radius 3 is 2.73 bits per heavy atom. The maximum absolute atomic E-state index is 10.7. The van der Waals surface area contributed by atoms with Crippen molar-refractivity contribution in [1.29, 1.82) is 0 Å². The van der Waals surface area contributed by atoms with Gasteiger partial charge in [-0.1, -0.05) is 20.3 Å². The largest absolute Gasteiger partial charge is 0.390 e. The van der Waals surface area contributed by atoms with E-state index in [2.05, 4.69) is 13.8 Å². The summed E-state index contributed by atoms with van der Waals surface area (Å²) < 4.78 is 5.41. The van der Waals surface area contributed by atoms with Crippen LogP contribution in [0.5, 0.6) is 0 Å². The van der Waals surface area contributed by atoms with Gasteiger partial charge in [0.05, 0.1) is 12.2 Å². The number of hydrogen-bond acceptors (Lipinski definition) is 2. The fourth-order valence-electron chi connectivity index (χ4n) is 3.23. The van der Waals surface area contributed by atoms with Crippen molar-refractivity contribution >= 4 is 0 Å². The first-order valence-electron chi connectivity index (χ1n) is 6.42. The van der Waals surface area contributed by atoms with Crippen molar-refractivity contribution in [2.24, 2.45) is 17.8 Å². The molecule has 15 heavy (non-hydrogen) atoms. The average Bonchev–Trinajstić information content (AvgIpc) is 2.71. The van der Waals surface area contributed by atoms with E-state index in [4.69, 9.17) is 4.74 Å². The number of aliphatic hydroxyl groups is 1. The molecule has 2 rings (SSSR count). The van der Waals surface area contributed by atoms with Crippen molar-refractivity contribution in [2.45, 2.75) is 51.6 Å². The van der Waals surface area contributed by atoms with E-state index in [9.17, 15) is 5.11 Å². The summed E-state index contributed by atoms with van der Waals surface area (Å²) in [6, 6.07) is 0. The van der Waals surface area contributed by atoms with Crippen LogP contribution in [0.3, 0.4) is 0 Å². The zero-order valence-corrected chi connectivity index (χ0v) is 10.0. The maximum Gasteiger partial charge on any atom is 0.0701 e. The lowest BCUT2D eigenvalue weighted by atomic mass is 9.68. The standard InChI is InChI=1S/C13H24O2/c1-10(2)11-4-3-6-13(14,8-11)12-5-7-15-9-12/h10-12,14H,3-9H2,1-2H3. The Hall–Kier alpha value is -0.0800. The highest BCUT2D eigenvalue weighted by molar-refractivity contribution is 4.93. The maximum atomic E-state index is 10.7. The number of ether oxygens (including phenoxy) is 1. The van der Waals surface area contributed by atoms with Gasteiger partial charge in [0.1, 0.15) is 0 Å². The van der Waals surface area contributed by atoms with Crippen LogP contribution in [0, 0.1) is 17.8 Å². The van der Waals surface area contributed by atoms with Crippen LogP contribution >= 0.6 is 0 Å². The quantitative estimate of drug-likeness (QED) is 0.762. The SMILES string of the molecule is CC(C)C1CCCC(O)(C2CCOC2)C1. The predicted octanol–water partition coefficient (Wildman–Crippen LogP) is 2.60. The molecule has 1 aliphatic heterocycles. The molecule has 0 aromatic rings. The lowest BCUT2D eigenvalue weighted by molar-refractivity contribution is -0.0723. The highest BCUT2D eigenvalue weighted by Crippen LogP contribution is 2.42. The Bertz CT molecular complexity index is 209. The molecule has 1 heterocycles. The van der Waals surface area contributed by atoms with Crippen molar-refractivity contribution in [1.82, 2.24) is 0 Å². The normalized spacial score (nSPS) is 42.4. The molecule has 0 aromatic carbocycles. The minimum atomic E-state index is -0.413. The first kappa shape index (κ1) is 11.4. The van der Waals surface area contributed by atoms with Gasteiger partial charge in [-0.05, 0) is 37.5 Å². The van der Waals surface area contributed by atoms with Gasteiger partial charge in [-0.15, -0.1) is 0 Å². The van der Waals surface area contributed by atoms with Gasteiger partial charge >= 0.3 is 0 Å². The van der Waals surface area contributed by atoms with Gasteiger partial charge < -0.3 is 9.84 Å². The lowest BCUT2D eigenvalue weighted by Gasteiger charge is -2.42. The van der Waals surface area contributed by atoms with Gasteiger partial charge in [-0.2, -0.15) is 0 Å². The molecule has 1 saturated carbocycles. The Morgan fingerprint density at radius 2 is 2.13 bits per heavy atom. The third kappa shape index (κ3) is 2.36. The van der Waals surface area contributed by atoms with Crippen LogP contribution in [-0.2, 0) is 4.74 Å². The summed E-state index contributed by atoms with van der Waals surface area (Å²) in [5.74, 6) is 1.82. The minimum absolute atomic E-state index is 0.402. The van der Waals surface area contributed by atoms with E-state index in [1.807, 2.05) is 0 Å². The van der Waals surface area contributed by atoms with E-state index in [0.717, 1.165) is 32.5 Å². The number of rotatable bonds is 2. The van der Waals surface area contributed by atoms with Crippen LogP contribution in [-0.4, -0.2) is 23.9 Å². The Labute approximate surface area is 93.0 Å². The summed E-state index contributed by atoms with van der Waals surface area (Å²) in [6.45, 7) is 6.18. The molecule has 0 aromatic heterocycles. The molecule has 3 atom stereocenters. The highest BCUT2D eigenvalue weighted by atomic mass is 16.5. The van der Waals surface area contributed by atoms with E-state index >= 15 is 0 Å². The monoisotopic (exact) mass is 212 g/mol. The van der Waals surface area contributed by atoms with E-state index in [-0.39, 0.29) is 0 Å².